The summed E-state index contributed by atoms with van der Waals surface area (Å²) in [4.78, 5) is 35.5. The van der Waals surface area contributed by atoms with E-state index < -0.39 is 11.9 Å². The number of rotatable bonds is 9. The average Bonchev–Trinajstić information content (AvgIpc) is 2.95. The third-order valence-electron chi connectivity index (χ3n) is 6.84. The minimum atomic E-state index is -0.557. The van der Waals surface area contributed by atoms with Crippen molar-refractivity contribution in [3.8, 4) is 0 Å². The molecule has 3 aromatic rings. The second kappa shape index (κ2) is 13.5. The fourth-order valence-electron chi connectivity index (χ4n) is 4.63. The van der Waals surface area contributed by atoms with Gasteiger partial charge in [-0.05, 0) is 29.5 Å². The number of fused-ring (bicyclic) bond motifs is 1. The monoisotopic (exact) mass is 556 g/mol. The van der Waals surface area contributed by atoms with Gasteiger partial charge in [0.1, 0.15) is 18.4 Å². The molecule has 0 unspecified atom stereocenters. The van der Waals surface area contributed by atoms with E-state index in [0.29, 0.717) is 24.5 Å². The number of amides is 3. The van der Waals surface area contributed by atoms with E-state index >= 15 is 0 Å². The first-order valence-electron chi connectivity index (χ1n) is 13.0. The summed E-state index contributed by atoms with van der Waals surface area (Å²) in [6.45, 7) is 5.20. The van der Waals surface area contributed by atoms with Crippen molar-refractivity contribution in [3.63, 3.8) is 0 Å². The number of ether oxygens (including phenoxy) is 1. The fraction of sp³-hybridized carbons (Fsp3) is 0.393. The molecular weight excluding hydrogens is 523 g/mol. The Morgan fingerprint density at radius 2 is 1.87 bits per heavy atom. The van der Waals surface area contributed by atoms with Crippen LogP contribution in [0.15, 0.2) is 54.7 Å². The number of piperazine rings is 1. The molecule has 4 rings (SSSR count). The number of anilines is 1. The van der Waals surface area contributed by atoms with Gasteiger partial charge in [-0.15, -0.1) is 0 Å². The zero-order valence-electron chi connectivity index (χ0n) is 22.2. The van der Waals surface area contributed by atoms with Crippen LogP contribution in [0.3, 0.4) is 0 Å². The lowest BCUT2D eigenvalue weighted by molar-refractivity contribution is -0.000342. The summed E-state index contributed by atoms with van der Waals surface area (Å²) in [5.74, 6) is -0.0720. The first-order valence-corrected chi connectivity index (χ1v) is 13.4. The van der Waals surface area contributed by atoms with Crippen LogP contribution in [0.5, 0.6) is 0 Å². The third kappa shape index (κ3) is 7.56. The maximum atomic E-state index is 13.7. The smallest absolute Gasteiger partial charge is 0.414 e. The summed E-state index contributed by atoms with van der Waals surface area (Å²) in [6.07, 6.45) is 2.78. The molecule has 1 aliphatic heterocycles. The molecule has 0 radical (unpaired) electrons. The van der Waals surface area contributed by atoms with Crippen LogP contribution in [0.4, 0.5) is 19.8 Å². The number of carbonyl (C=O) groups is 2. The normalized spacial score (nSPS) is 15.1. The quantitative estimate of drug-likeness (QED) is 0.380. The van der Waals surface area contributed by atoms with Crippen LogP contribution in [0.25, 0.3) is 10.8 Å². The van der Waals surface area contributed by atoms with Gasteiger partial charge in [-0.25, -0.2) is 19.0 Å². The number of benzene rings is 2. The minimum absolute atomic E-state index is 0.0195. The Balaban J connectivity index is 1.23. The van der Waals surface area contributed by atoms with Crippen LogP contribution < -0.4 is 10.6 Å². The molecule has 2 heterocycles. The van der Waals surface area contributed by atoms with Gasteiger partial charge in [0.25, 0.3) is 0 Å². The van der Waals surface area contributed by atoms with Gasteiger partial charge in [0.15, 0.2) is 0 Å². The average molecular weight is 557 g/mol. The molecule has 1 fully saturated rings. The van der Waals surface area contributed by atoms with E-state index in [0.717, 1.165) is 36.7 Å². The summed E-state index contributed by atoms with van der Waals surface area (Å²) in [6, 6.07) is 13.9. The lowest BCUT2D eigenvalue weighted by Gasteiger charge is -2.42. The highest BCUT2D eigenvalue weighted by molar-refractivity contribution is 6.31. The zero-order valence-corrected chi connectivity index (χ0v) is 23.0. The lowest BCUT2D eigenvalue weighted by atomic mass is 10.2. The Bertz CT molecular complexity index is 1290. The topological polar surface area (TPSA) is 90.0 Å². The molecule has 2 aromatic carbocycles. The van der Waals surface area contributed by atoms with Gasteiger partial charge in [0.2, 0.25) is 0 Å². The number of hydrogen-bond donors (Lipinski definition) is 2. The first-order chi connectivity index (χ1) is 18.9. The standard InChI is InChI=1S/C28H34ClFN6O3/c1-3-7-25(34(2)27(37)32-18-22-10-6-11-23(30)26(22)29)36-14-12-35(13-15-36)19-39-28(38)33-24-16-20-8-4-5-9-21(20)17-31-24/h4-6,8-11,16-17,25H,3,7,12-15,18-19H2,1-2H3,(H,32,37)(H,31,33,38)/t25-/m1/s1. The third-order valence-corrected chi connectivity index (χ3v) is 7.27. The molecule has 11 heteroatoms. The Hall–Kier alpha value is -3.47. The van der Waals surface area contributed by atoms with Crippen LogP contribution in [0, 0.1) is 5.82 Å². The summed E-state index contributed by atoms with van der Waals surface area (Å²) >= 11 is 6.02. The minimum Gasteiger partial charge on any atom is -0.433 e. The largest absolute Gasteiger partial charge is 0.433 e. The second-order valence-corrected chi connectivity index (χ2v) is 9.89. The number of halogens is 2. The molecule has 1 aliphatic rings. The number of hydrogen-bond acceptors (Lipinski definition) is 6. The summed E-state index contributed by atoms with van der Waals surface area (Å²) in [5.41, 5.74) is 0.527. The van der Waals surface area contributed by atoms with E-state index in [2.05, 4.69) is 32.3 Å². The number of nitrogens with zero attached hydrogens (tertiary/aromatic N) is 4. The SMILES string of the molecule is CCC[C@@H](N1CCN(COC(=O)Nc2cc3ccccc3cn2)CC1)N(C)C(=O)NCc1cccc(F)c1Cl. The van der Waals surface area contributed by atoms with Crippen LogP contribution in [-0.2, 0) is 11.3 Å². The molecular formula is C28H34ClFN6O3. The number of urea groups is 1. The second-order valence-electron chi connectivity index (χ2n) is 9.51. The van der Waals surface area contributed by atoms with Crippen molar-refractivity contribution in [2.45, 2.75) is 32.5 Å². The fourth-order valence-corrected chi connectivity index (χ4v) is 4.82. The van der Waals surface area contributed by atoms with Crippen molar-refractivity contribution in [1.29, 1.82) is 0 Å². The number of carbonyl (C=O) groups excluding carboxylic acids is 2. The molecule has 3 amide bonds. The molecule has 0 bridgehead atoms. The summed E-state index contributed by atoms with van der Waals surface area (Å²) in [7, 11) is 1.77. The molecule has 1 atom stereocenters. The first kappa shape index (κ1) is 28.5. The Morgan fingerprint density at radius 1 is 1.13 bits per heavy atom. The van der Waals surface area contributed by atoms with Gasteiger partial charge in [-0.3, -0.25) is 15.1 Å². The van der Waals surface area contributed by atoms with Crippen LogP contribution in [0.1, 0.15) is 25.3 Å². The highest BCUT2D eigenvalue weighted by atomic mass is 35.5. The van der Waals surface area contributed by atoms with Gasteiger partial charge in [0, 0.05) is 51.4 Å². The van der Waals surface area contributed by atoms with Crippen molar-refractivity contribution >= 4 is 40.3 Å². The Labute approximate surface area is 232 Å². The van der Waals surface area contributed by atoms with E-state index in [4.69, 9.17) is 16.3 Å². The van der Waals surface area contributed by atoms with Crippen molar-refractivity contribution in [2.24, 2.45) is 0 Å². The van der Waals surface area contributed by atoms with Crippen LogP contribution in [0.2, 0.25) is 5.02 Å². The zero-order chi connectivity index (χ0) is 27.8. The lowest BCUT2D eigenvalue weighted by Crippen LogP contribution is -2.57. The van der Waals surface area contributed by atoms with Gasteiger partial charge < -0.3 is 15.0 Å². The van der Waals surface area contributed by atoms with E-state index in [-0.39, 0.29) is 30.5 Å². The summed E-state index contributed by atoms with van der Waals surface area (Å²) in [5, 5.41) is 7.53. The van der Waals surface area contributed by atoms with Gasteiger partial charge in [0.05, 0.1) is 11.2 Å². The van der Waals surface area contributed by atoms with Gasteiger partial charge in [-0.1, -0.05) is 61.3 Å². The van der Waals surface area contributed by atoms with E-state index in [1.165, 1.54) is 6.07 Å². The molecule has 2 N–H and O–H groups in total. The molecule has 0 spiro atoms. The number of pyridine rings is 1. The Kier molecular flexibility index (Phi) is 9.91. The molecule has 1 saturated heterocycles. The van der Waals surface area contributed by atoms with Crippen LogP contribution >= 0.6 is 11.6 Å². The van der Waals surface area contributed by atoms with Gasteiger partial charge >= 0.3 is 12.1 Å². The molecule has 208 valence electrons. The predicted molar refractivity (Wildman–Crippen MR) is 150 cm³/mol. The molecule has 0 aliphatic carbocycles. The van der Waals surface area contributed by atoms with Gasteiger partial charge in [-0.2, -0.15) is 0 Å². The highest BCUT2D eigenvalue weighted by Crippen LogP contribution is 2.20. The van der Waals surface area contributed by atoms with Crippen molar-refractivity contribution < 1.29 is 18.7 Å². The molecule has 1 aromatic heterocycles. The molecule has 0 saturated carbocycles. The van der Waals surface area contributed by atoms with Crippen molar-refractivity contribution in [3.05, 3.63) is 71.1 Å². The summed E-state index contributed by atoms with van der Waals surface area (Å²) < 4.78 is 19.1. The maximum absolute atomic E-state index is 13.7. The molecule has 9 nitrogen and oxygen atoms in total. The van der Waals surface area contributed by atoms with E-state index in [1.54, 1.807) is 30.3 Å². The molecule has 39 heavy (non-hydrogen) atoms. The highest BCUT2D eigenvalue weighted by Gasteiger charge is 2.29. The number of nitrogens with one attached hydrogen (secondary N) is 2. The predicted octanol–water partition coefficient (Wildman–Crippen LogP) is 5.12. The Morgan fingerprint density at radius 3 is 2.62 bits per heavy atom. The number of aromatic nitrogens is 1. The van der Waals surface area contributed by atoms with E-state index in [1.807, 2.05) is 30.3 Å². The van der Waals surface area contributed by atoms with Crippen molar-refractivity contribution in [2.75, 3.05) is 45.3 Å². The van der Waals surface area contributed by atoms with Crippen LogP contribution in [-0.4, -0.2) is 77.9 Å². The maximum Gasteiger partial charge on any atom is 0.414 e. The van der Waals surface area contributed by atoms with Crippen molar-refractivity contribution in [1.82, 2.24) is 25.0 Å². The van der Waals surface area contributed by atoms with E-state index in [9.17, 15) is 14.0 Å².